The van der Waals surface area contributed by atoms with Crippen molar-refractivity contribution >= 4 is 23.4 Å². The van der Waals surface area contributed by atoms with Gasteiger partial charge in [0, 0.05) is 31.5 Å². The van der Waals surface area contributed by atoms with Crippen molar-refractivity contribution in [1.29, 1.82) is 0 Å². The number of carboxylic acid groups (broad SMARTS) is 2. The van der Waals surface area contributed by atoms with Crippen LogP contribution in [0.25, 0.3) is 5.65 Å². The summed E-state index contributed by atoms with van der Waals surface area (Å²) < 4.78 is 71.3. The maximum absolute atomic E-state index is 10.6. The van der Waals surface area contributed by atoms with Crippen molar-refractivity contribution in [2.24, 2.45) is 11.8 Å². The van der Waals surface area contributed by atoms with Crippen LogP contribution >= 0.6 is 0 Å². The first kappa shape index (κ1) is 30.0. The van der Waals surface area contributed by atoms with Crippen LogP contribution in [0.4, 0.5) is 32.2 Å². The molecule has 2 aromatic rings. The van der Waals surface area contributed by atoms with Gasteiger partial charge in [-0.25, -0.2) is 9.59 Å². The second kappa shape index (κ2) is 12.4. The fraction of sp³-hybridized carbons (Fsp3) is 0.650. The van der Waals surface area contributed by atoms with Crippen LogP contribution in [0.2, 0.25) is 0 Å². The number of nitrogens with zero attached hydrogens (tertiary/aromatic N) is 6. The lowest BCUT2D eigenvalue weighted by Gasteiger charge is -2.25. The molecule has 2 aliphatic heterocycles. The summed E-state index contributed by atoms with van der Waals surface area (Å²) >= 11 is 0. The monoisotopic (exact) mass is 544 g/mol. The Balaban J connectivity index is 0.000000286. The largest absolute Gasteiger partial charge is 0.490 e. The summed E-state index contributed by atoms with van der Waals surface area (Å²) in [6, 6.07) is 4.00. The number of alkyl halides is 6. The van der Waals surface area contributed by atoms with Gasteiger partial charge in [-0.05, 0) is 25.2 Å². The van der Waals surface area contributed by atoms with E-state index in [2.05, 4.69) is 38.9 Å². The lowest BCUT2D eigenvalue weighted by Crippen LogP contribution is -2.34. The topological polar surface area (TPSA) is 133 Å². The molecular formula is C20H26F6N6O5. The Bertz CT molecular complexity index is 1020. The Hall–Kier alpha value is -3.21. The second-order valence-electron chi connectivity index (χ2n) is 8.12. The Kier molecular flexibility index (Phi) is 10.0. The van der Waals surface area contributed by atoms with Gasteiger partial charge in [0.2, 0.25) is 0 Å². The van der Waals surface area contributed by atoms with E-state index in [1.165, 1.54) is 0 Å². The zero-order valence-corrected chi connectivity index (χ0v) is 19.8. The average Bonchev–Trinajstić information content (AvgIpc) is 3.53. The lowest BCUT2D eigenvalue weighted by molar-refractivity contribution is -0.193. The molecule has 0 radical (unpaired) electrons. The first-order valence-corrected chi connectivity index (χ1v) is 11.0. The highest BCUT2D eigenvalue weighted by Gasteiger charge is 2.44. The number of anilines is 1. The van der Waals surface area contributed by atoms with E-state index in [4.69, 9.17) is 24.5 Å². The van der Waals surface area contributed by atoms with Gasteiger partial charge in [-0.3, -0.25) is 0 Å². The number of rotatable bonds is 5. The third kappa shape index (κ3) is 8.41. The molecule has 0 aromatic carbocycles. The van der Waals surface area contributed by atoms with Crippen LogP contribution in [-0.4, -0.2) is 105 Å². The first-order chi connectivity index (χ1) is 17.2. The Morgan fingerprint density at radius 2 is 1.62 bits per heavy atom. The Morgan fingerprint density at radius 3 is 2.14 bits per heavy atom. The molecule has 2 N–H and O–H groups in total. The normalized spacial score (nSPS) is 21.2. The van der Waals surface area contributed by atoms with Crippen LogP contribution < -0.4 is 4.90 Å². The lowest BCUT2D eigenvalue weighted by atomic mass is 9.92. The molecule has 11 nitrogen and oxygen atoms in total. The van der Waals surface area contributed by atoms with E-state index >= 15 is 0 Å². The van der Waals surface area contributed by atoms with Crippen molar-refractivity contribution in [2.75, 3.05) is 44.2 Å². The van der Waals surface area contributed by atoms with Crippen molar-refractivity contribution in [3.05, 3.63) is 18.5 Å². The fourth-order valence-electron chi connectivity index (χ4n) is 3.87. The van der Waals surface area contributed by atoms with Gasteiger partial charge in [0.15, 0.2) is 5.65 Å². The highest BCUT2D eigenvalue weighted by molar-refractivity contribution is 5.73. The Morgan fingerprint density at radius 1 is 1.05 bits per heavy atom. The average molecular weight is 544 g/mol. The molecule has 0 saturated carbocycles. The first-order valence-electron chi connectivity index (χ1n) is 11.0. The molecule has 2 fully saturated rings. The zero-order valence-electron chi connectivity index (χ0n) is 19.8. The minimum Gasteiger partial charge on any atom is -0.475 e. The molecule has 0 unspecified atom stereocenters. The van der Waals surface area contributed by atoms with Gasteiger partial charge in [-0.2, -0.15) is 30.9 Å². The van der Waals surface area contributed by atoms with Gasteiger partial charge >= 0.3 is 24.3 Å². The molecule has 0 amide bonds. The van der Waals surface area contributed by atoms with E-state index in [0.29, 0.717) is 17.9 Å². The van der Waals surface area contributed by atoms with Crippen molar-refractivity contribution in [1.82, 2.24) is 24.7 Å². The van der Waals surface area contributed by atoms with Gasteiger partial charge in [-0.15, -0.1) is 15.3 Å². The smallest absolute Gasteiger partial charge is 0.475 e. The maximum Gasteiger partial charge on any atom is 0.490 e. The molecule has 0 aliphatic carbocycles. The van der Waals surface area contributed by atoms with E-state index in [-0.39, 0.29) is 0 Å². The van der Waals surface area contributed by atoms with Crippen molar-refractivity contribution < 1.29 is 50.9 Å². The molecule has 208 valence electrons. The van der Waals surface area contributed by atoms with Gasteiger partial charge in [0.1, 0.15) is 12.1 Å². The quantitative estimate of drug-likeness (QED) is 0.540. The summed E-state index contributed by atoms with van der Waals surface area (Å²) in [6.45, 7) is 10.7. The van der Waals surface area contributed by atoms with Gasteiger partial charge in [0.25, 0.3) is 0 Å². The molecule has 2 aromatic heterocycles. The predicted octanol–water partition coefficient (Wildman–Crippen LogP) is 2.18. The van der Waals surface area contributed by atoms with Crippen LogP contribution in [0.15, 0.2) is 18.5 Å². The van der Waals surface area contributed by atoms with Crippen LogP contribution in [0.5, 0.6) is 0 Å². The number of ether oxygens (including phenoxy) is 1. The highest BCUT2D eigenvalue weighted by Crippen LogP contribution is 2.35. The van der Waals surface area contributed by atoms with Crippen LogP contribution in [-0.2, 0) is 14.3 Å². The molecule has 4 rings (SSSR count). The maximum atomic E-state index is 10.6. The van der Waals surface area contributed by atoms with Gasteiger partial charge in [-0.1, -0.05) is 13.8 Å². The van der Waals surface area contributed by atoms with Crippen LogP contribution in [0.1, 0.15) is 13.8 Å². The third-order valence-electron chi connectivity index (χ3n) is 5.78. The van der Waals surface area contributed by atoms with Crippen LogP contribution in [0, 0.1) is 11.8 Å². The summed E-state index contributed by atoms with van der Waals surface area (Å²) in [5.41, 5.74) is 0.781. The molecule has 2 aliphatic rings. The molecule has 4 heterocycles. The minimum absolute atomic E-state index is 0.342. The van der Waals surface area contributed by atoms with E-state index in [0.717, 1.165) is 50.8 Å². The minimum atomic E-state index is -5.08. The van der Waals surface area contributed by atoms with E-state index in [1.807, 2.05) is 12.1 Å². The summed E-state index contributed by atoms with van der Waals surface area (Å²) in [7, 11) is 0. The number of hydrogen-bond donors (Lipinski definition) is 2. The number of aromatic nitrogens is 4. The fourth-order valence-corrected chi connectivity index (χ4v) is 3.87. The number of carboxylic acids is 2. The summed E-state index contributed by atoms with van der Waals surface area (Å²) in [4.78, 5) is 22.6. The summed E-state index contributed by atoms with van der Waals surface area (Å²) in [5, 5.41) is 26.8. The third-order valence-corrected chi connectivity index (χ3v) is 5.78. The van der Waals surface area contributed by atoms with E-state index in [9.17, 15) is 26.3 Å². The van der Waals surface area contributed by atoms with Gasteiger partial charge < -0.3 is 24.7 Å². The Labute approximate surface area is 206 Å². The number of carbonyl (C=O) groups is 2. The molecule has 2 saturated heterocycles. The number of hydrogen-bond acceptors (Lipinski definition) is 8. The summed E-state index contributed by atoms with van der Waals surface area (Å²) in [5.74, 6) is -3.30. The standard InChI is InChI=1S/C16H24N6O.2C2HF3O2/c1-3-20(4-2)7-12-10-23-14-9-21(8-13(12)14)16-6-5-15-18-17-11-22(15)19-16;2*3-2(4,5)1(6)7/h5-6,11-14H,3-4,7-10H2,1-2H3;2*(H,6,7)/t12-,13+,14+;;/m0../s1. The molecule has 0 bridgehead atoms. The zero-order chi connectivity index (χ0) is 28.0. The number of aliphatic carboxylic acids is 2. The highest BCUT2D eigenvalue weighted by atomic mass is 19.4. The molecular weight excluding hydrogens is 518 g/mol. The molecule has 0 spiro atoms. The van der Waals surface area contributed by atoms with Crippen LogP contribution in [0.3, 0.4) is 0 Å². The number of fused-ring (bicyclic) bond motifs is 2. The SMILES string of the molecule is CCN(CC)C[C@H]1CO[C@@H]2CN(c3ccc4nncn4n3)C[C@H]12.O=C(O)C(F)(F)F.O=C(O)C(F)(F)F. The van der Waals surface area contributed by atoms with E-state index < -0.39 is 24.3 Å². The molecule has 37 heavy (non-hydrogen) atoms. The molecule has 17 heteroatoms. The van der Waals surface area contributed by atoms with Crippen molar-refractivity contribution in [3.63, 3.8) is 0 Å². The predicted molar refractivity (Wildman–Crippen MR) is 115 cm³/mol. The van der Waals surface area contributed by atoms with Crippen molar-refractivity contribution in [3.8, 4) is 0 Å². The second-order valence-corrected chi connectivity index (χ2v) is 8.12. The van der Waals surface area contributed by atoms with Gasteiger partial charge in [0.05, 0.1) is 12.7 Å². The summed E-state index contributed by atoms with van der Waals surface area (Å²) in [6.07, 6.45) is -8.18. The number of halogens is 6. The molecule has 3 atom stereocenters. The van der Waals surface area contributed by atoms with E-state index in [1.54, 1.807) is 10.8 Å². The van der Waals surface area contributed by atoms with Crippen molar-refractivity contribution in [2.45, 2.75) is 32.3 Å².